The molecule has 1 aliphatic rings. The van der Waals surface area contributed by atoms with Crippen LogP contribution in [0.25, 0.3) is 78.5 Å². The molecule has 0 amide bonds. The van der Waals surface area contributed by atoms with Crippen molar-refractivity contribution in [3.8, 4) is 67.9 Å². The van der Waals surface area contributed by atoms with Gasteiger partial charge in [-0.3, -0.25) is 9.97 Å². The molecular formula is C70H70N4OPt. The van der Waals surface area contributed by atoms with Crippen molar-refractivity contribution >= 4 is 22.1 Å². The van der Waals surface area contributed by atoms with Gasteiger partial charge in [0, 0.05) is 22.9 Å². The summed E-state index contributed by atoms with van der Waals surface area (Å²) in [5, 5.41) is 0. The Morgan fingerprint density at radius 2 is 0.829 bits per heavy atom. The number of aromatic nitrogens is 4. The molecule has 0 saturated carbocycles. The number of benzene rings is 8. The molecular weight excluding hydrogens is 1110 g/mol. The first kappa shape index (κ1) is 52.6. The third-order valence-corrected chi connectivity index (χ3v) is 15.9. The molecule has 10 aromatic rings. The minimum absolute atomic E-state index is 0. The topological polar surface area (TPSA) is 44.9 Å². The molecule has 2 aromatic heterocycles. The van der Waals surface area contributed by atoms with Crippen molar-refractivity contribution in [2.45, 2.75) is 130 Å². The van der Waals surface area contributed by atoms with E-state index < -0.39 is 0 Å². The fourth-order valence-electron chi connectivity index (χ4n) is 11.6. The second-order valence-electron chi connectivity index (χ2n) is 23.5. The minimum atomic E-state index is 0. The first-order chi connectivity index (χ1) is 36.0. The maximum absolute atomic E-state index is 6.80. The first-order valence-electron chi connectivity index (χ1n) is 27.2. The van der Waals surface area contributed by atoms with E-state index in [0.29, 0.717) is 11.5 Å². The van der Waals surface area contributed by atoms with Gasteiger partial charge in [0.1, 0.15) is 0 Å². The summed E-state index contributed by atoms with van der Waals surface area (Å²) in [6.45, 7) is 28.1. The average molecular weight is 1180 g/mol. The zero-order valence-electron chi connectivity index (χ0n) is 46.2. The summed E-state index contributed by atoms with van der Waals surface area (Å²) in [6, 6.07) is 64.1. The molecule has 11 rings (SSSR count). The summed E-state index contributed by atoms with van der Waals surface area (Å²) in [5.74, 6) is 3.76. The predicted octanol–water partition coefficient (Wildman–Crippen LogP) is 19.3. The quantitative estimate of drug-likeness (QED) is 0.115. The van der Waals surface area contributed by atoms with Gasteiger partial charge in [0.2, 0.25) is 0 Å². The van der Waals surface area contributed by atoms with E-state index in [4.69, 9.17) is 14.7 Å². The van der Waals surface area contributed by atoms with Crippen molar-refractivity contribution in [2.24, 2.45) is 0 Å². The number of imidazole rings is 2. The summed E-state index contributed by atoms with van der Waals surface area (Å²) in [7, 11) is 0. The molecule has 0 spiro atoms. The standard InChI is InChI=1S/C70H70N4O.Pt/c1-43(2)55-38-51(47-22-14-13-15-23-47)39-56(44(3)4)65(55)73-63-30-18-16-28-61(63)71-67(73)49-24-20-26-53(36-49)75-54-27-21-25-50(37-54)68-72-62-29-17-19-31-64(62)74(68)66-57(45(5)6)40-52(41-58(66)46(7)8)48-32-33-59-60(42-48)70(11,12)35-34-69(59,9)10;/h13-33,38-46H,34-35H2,1-12H3;/q-2;+2. The monoisotopic (exact) mass is 1180 g/mol. The maximum Gasteiger partial charge on any atom is 2.00 e. The smallest absolute Gasteiger partial charge is 0.497 e. The van der Waals surface area contributed by atoms with Crippen molar-refractivity contribution in [3.63, 3.8) is 0 Å². The molecule has 386 valence electrons. The molecule has 0 saturated heterocycles. The predicted molar refractivity (Wildman–Crippen MR) is 313 cm³/mol. The van der Waals surface area contributed by atoms with Crippen LogP contribution in [0.3, 0.4) is 0 Å². The summed E-state index contributed by atoms with van der Waals surface area (Å²) in [5.41, 5.74) is 21.3. The Kier molecular flexibility index (Phi) is 14.3. The van der Waals surface area contributed by atoms with Gasteiger partial charge in [0.05, 0.1) is 33.7 Å². The summed E-state index contributed by atoms with van der Waals surface area (Å²) >= 11 is 0. The Morgan fingerprint density at radius 1 is 0.421 bits per heavy atom. The van der Waals surface area contributed by atoms with Crippen LogP contribution in [0.15, 0.2) is 158 Å². The number of hydrogen-bond acceptors (Lipinski definition) is 3. The summed E-state index contributed by atoms with van der Waals surface area (Å²) in [4.78, 5) is 10.7. The Labute approximate surface area is 465 Å². The molecule has 0 N–H and O–H groups in total. The van der Waals surface area contributed by atoms with E-state index in [1.807, 2.05) is 24.3 Å². The van der Waals surface area contributed by atoms with Crippen LogP contribution in [-0.4, -0.2) is 19.1 Å². The molecule has 0 radical (unpaired) electrons. The second-order valence-corrected chi connectivity index (χ2v) is 23.5. The third kappa shape index (κ3) is 9.59. The molecule has 76 heavy (non-hydrogen) atoms. The number of para-hydroxylation sites is 4. The van der Waals surface area contributed by atoms with Gasteiger partial charge in [-0.15, -0.1) is 47.5 Å². The van der Waals surface area contributed by atoms with Crippen molar-refractivity contribution in [1.82, 2.24) is 19.1 Å². The van der Waals surface area contributed by atoms with Gasteiger partial charge in [-0.05, 0) is 152 Å². The molecule has 5 nitrogen and oxygen atoms in total. The van der Waals surface area contributed by atoms with Gasteiger partial charge in [-0.1, -0.05) is 168 Å². The van der Waals surface area contributed by atoms with Crippen LogP contribution < -0.4 is 4.74 Å². The molecule has 6 heteroatoms. The van der Waals surface area contributed by atoms with E-state index in [2.05, 4.69) is 238 Å². The van der Waals surface area contributed by atoms with E-state index >= 15 is 0 Å². The van der Waals surface area contributed by atoms with E-state index in [1.54, 1.807) is 0 Å². The first-order valence-corrected chi connectivity index (χ1v) is 27.2. The van der Waals surface area contributed by atoms with Crippen molar-refractivity contribution < 1.29 is 25.8 Å². The van der Waals surface area contributed by atoms with Crippen molar-refractivity contribution in [1.29, 1.82) is 0 Å². The molecule has 0 aliphatic heterocycles. The fraction of sp³-hybridized carbons (Fsp3) is 0.286. The summed E-state index contributed by atoms with van der Waals surface area (Å²) < 4.78 is 11.5. The number of rotatable bonds is 12. The maximum atomic E-state index is 6.80. The number of ether oxygens (including phenoxy) is 1. The number of nitrogens with zero attached hydrogens (tertiary/aromatic N) is 4. The minimum Gasteiger partial charge on any atom is -0.497 e. The number of hydrogen-bond donors (Lipinski definition) is 0. The van der Waals surface area contributed by atoms with Crippen LogP contribution in [-0.2, 0) is 31.9 Å². The van der Waals surface area contributed by atoms with Gasteiger partial charge in [0.25, 0.3) is 0 Å². The normalized spacial score (nSPS) is 14.0. The molecule has 8 aromatic carbocycles. The fourth-order valence-corrected chi connectivity index (χ4v) is 11.6. The van der Waals surface area contributed by atoms with E-state index in [1.165, 1.54) is 79.9 Å². The van der Waals surface area contributed by atoms with Crippen molar-refractivity contribution in [2.75, 3.05) is 0 Å². The van der Waals surface area contributed by atoms with E-state index in [9.17, 15) is 0 Å². The van der Waals surface area contributed by atoms with Gasteiger partial charge in [-0.25, -0.2) is 0 Å². The van der Waals surface area contributed by atoms with E-state index in [-0.39, 0.29) is 55.6 Å². The third-order valence-electron chi connectivity index (χ3n) is 15.9. The van der Waals surface area contributed by atoms with Crippen molar-refractivity contribution in [3.05, 3.63) is 203 Å². The van der Waals surface area contributed by atoms with E-state index in [0.717, 1.165) is 44.8 Å². The number of fused-ring (bicyclic) bond motifs is 3. The second kappa shape index (κ2) is 20.6. The molecule has 0 atom stereocenters. The van der Waals surface area contributed by atoms with Crippen LogP contribution in [0.4, 0.5) is 0 Å². The van der Waals surface area contributed by atoms with Crippen LogP contribution in [0.2, 0.25) is 0 Å². The Balaban J connectivity index is 0.00000657. The van der Waals surface area contributed by atoms with Gasteiger partial charge >= 0.3 is 21.1 Å². The summed E-state index contributed by atoms with van der Waals surface area (Å²) in [6.07, 6.45) is 2.38. The Hall–Kier alpha value is -6.81. The molecule has 0 fully saturated rings. The molecule has 1 aliphatic carbocycles. The van der Waals surface area contributed by atoms with Gasteiger partial charge < -0.3 is 13.9 Å². The van der Waals surface area contributed by atoms with Gasteiger partial charge in [0.15, 0.2) is 0 Å². The zero-order valence-corrected chi connectivity index (χ0v) is 48.5. The average Bonchev–Trinajstić information content (AvgIpc) is 4.05. The van der Waals surface area contributed by atoms with Crippen LogP contribution in [0.1, 0.15) is 153 Å². The van der Waals surface area contributed by atoms with Gasteiger partial charge in [-0.2, -0.15) is 0 Å². The van der Waals surface area contributed by atoms with Crippen LogP contribution in [0.5, 0.6) is 11.5 Å². The zero-order chi connectivity index (χ0) is 52.5. The molecule has 0 bridgehead atoms. The molecule has 0 unspecified atom stereocenters. The van der Waals surface area contributed by atoms with Crippen LogP contribution in [0, 0.1) is 12.1 Å². The molecule has 2 heterocycles. The largest absolute Gasteiger partial charge is 2.00 e. The Bertz CT molecular complexity index is 3720. The Morgan fingerprint density at radius 3 is 1.28 bits per heavy atom. The van der Waals surface area contributed by atoms with Crippen LogP contribution >= 0.6 is 0 Å². The SMILES string of the molecule is CC(C)c1cc(-c2ccccc2)cc(C(C)C)c1-n1c(-c2[c-]c(Oc3[c-]c(-c4nc5ccccc5n4-c4c(C(C)C)cc(-c5ccc6c(c5)C(C)(C)CCC6(C)C)cc4C(C)C)ccc3)ccc2)nc2ccccc21.[Pt+2].